The number of methoxy groups -OCH3 is 1. The van der Waals surface area contributed by atoms with Crippen LogP contribution in [-0.2, 0) is 9.59 Å². The van der Waals surface area contributed by atoms with Crippen molar-refractivity contribution < 1.29 is 14.3 Å². The monoisotopic (exact) mass is 363 g/mol. The number of ether oxygens (including phenoxy) is 1. The maximum atomic E-state index is 12.6. The quantitative estimate of drug-likeness (QED) is 0.703. The van der Waals surface area contributed by atoms with Crippen molar-refractivity contribution in [2.45, 2.75) is 19.4 Å². The highest BCUT2D eigenvalue weighted by Gasteiger charge is 2.18. The van der Waals surface area contributed by atoms with E-state index in [2.05, 4.69) is 15.6 Å². The lowest BCUT2D eigenvalue weighted by atomic mass is 10.0. The smallest absolute Gasteiger partial charge is 0.226 e. The van der Waals surface area contributed by atoms with Gasteiger partial charge in [0.15, 0.2) is 0 Å². The molecule has 6 heteroatoms. The van der Waals surface area contributed by atoms with Crippen LogP contribution in [0.4, 0.5) is 5.69 Å². The number of fused-ring (bicyclic) bond motifs is 1. The molecule has 1 unspecified atom stereocenters. The fourth-order valence-corrected chi connectivity index (χ4v) is 2.93. The SMILES string of the molecule is COc1ccc(C(CC(=O)Nc2cccc3cccnc23)NC(C)=O)cc1. The van der Waals surface area contributed by atoms with Gasteiger partial charge in [-0.05, 0) is 29.8 Å². The molecule has 0 fully saturated rings. The molecule has 6 nitrogen and oxygen atoms in total. The van der Waals surface area contributed by atoms with Gasteiger partial charge in [0.05, 0.1) is 30.8 Å². The Balaban J connectivity index is 1.78. The molecule has 0 aliphatic carbocycles. The van der Waals surface area contributed by atoms with Crippen LogP contribution in [0.5, 0.6) is 5.75 Å². The molecular weight excluding hydrogens is 342 g/mol. The summed E-state index contributed by atoms with van der Waals surface area (Å²) in [7, 11) is 1.59. The van der Waals surface area contributed by atoms with Gasteiger partial charge < -0.3 is 15.4 Å². The van der Waals surface area contributed by atoms with Crippen molar-refractivity contribution in [3.05, 3.63) is 66.4 Å². The first-order valence-corrected chi connectivity index (χ1v) is 8.61. The third-order valence-electron chi connectivity index (χ3n) is 4.19. The molecular formula is C21H21N3O3. The molecule has 0 bridgehead atoms. The molecule has 138 valence electrons. The van der Waals surface area contributed by atoms with Crippen molar-refractivity contribution >= 4 is 28.4 Å². The minimum atomic E-state index is -0.434. The number of amides is 2. The van der Waals surface area contributed by atoms with E-state index >= 15 is 0 Å². The summed E-state index contributed by atoms with van der Waals surface area (Å²) in [5, 5.41) is 6.68. The van der Waals surface area contributed by atoms with Crippen LogP contribution >= 0.6 is 0 Å². The van der Waals surface area contributed by atoms with Crippen molar-refractivity contribution in [1.29, 1.82) is 0 Å². The molecule has 1 atom stereocenters. The highest BCUT2D eigenvalue weighted by molar-refractivity contribution is 6.00. The van der Waals surface area contributed by atoms with Gasteiger partial charge in [0, 0.05) is 18.5 Å². The minimum Gasteiger partial charge on any atom is -0.497 e. The van der Waals surface area contributed by atoms with Crippen LogP contribution in [0.3, 0.4) is 0 Å². The number of nitrogens with one attached hydrogen (secondary N) is 2. The van der Waals surface area contributed by atoms with Gasteiger partial charge in [-0.25, -0.2) is 0 Å². The van der Waals surface area contributed by atoms with Crippen LogP contribution in [0, 0.1) is 0 Å². The third-order valence-corrected chi connectivity index (χ3v) is 4.19. The lowest BCUT2D eigenvalue weighted by Crippen LogP contribution is -2.29. The Morgan fingerprint density at radius 3 is 2.52 bits per heavy atom. The summed E-state index contributed by atoms with van der Waals surface area (Å²) in [6, 6.07) is 16.3. The summed E-state index contributed by atoms with van der Waals surface area (Å²) < 4.78 is 5.16. The lowest BCUT2D eigenvalue weighted by molar-refractivity contribution is -0.120. The summed E-state index contributed by atoms with van der Waals surface area (Å²) >= 11 is 0. The molecule has 3 aromatic rings. The van der Waals surface area contributed by atoms with E-state index in [-0.39, 0.29) is 18.2 Å². The van der Waals surface area contributed by atoms with Crippen LogP contribution in [-0.4, -0.2) is 23.9 Å². The van der Waals surface area contributed by atoms with Crippen molar-refractivity contribution in [2.24, 2.45) is 0 Å². The predicted octanol–water partition coefficient (Wildman–Crippen LogP) is 3.45. The van der Waals surface area contributed by atoms with Crippen LogP contribution in [0.25, 0.3) is 10.9 Å². The van der Waals surface area contributed by atoms with Crippen molar-refractivity contribution in [2.75, 3.05) is 12.4 Å². The van der Waals surface area contributed by atoms with Crippen molar-refractivity contribution in [3.63, 3.8) is 0 Å². The van der Waals surface area contributed by atoms with Gasteiger partial charge in [0.2, 0.25) is 11.8 Å². The van der Waals surface area contributed by atoms with E-state index in [0.29, 0.717) is 11.4 Å². The number of benzene rings is 2. The van der Waals surface area contributed by atoms with Gasteiger partial charge in [-0.15, -0.1) is 0 Å². The number of hydrogen-bond donors (Lipinski definition) is 2. The lowest BCUT2D eigenvalue weighted by Gasteiger charge is -2.18. The maximum Gasteiger partial charge on any atom is 0.226 e. The predicted molar refractivity (Wildman–Crippen MR) is 105 cm³/mol. The Morgan fingerprint density at radius 1 is 1.07 bits per heavy atom. The average molecular weight is 363 g/mol. The summed E-state index contributed by atoms with van der Waals surface area (Å²) in [4.78, 5) is 28.6. The molecule has 1 heterocycles. The van der Waals surface area contributed by atoms with E-state index in [9.17, 15) is 9.59 Å². The molecule has 0 aliphatic rings. The molecule has 0 aliphatic heterocycles. The fraction of sp³-hybridized carbons (Fsp3) is 0.190. The second-order valence-corrected chi connectivity index (χ2v) is 6.16. The first-order chi connectivity index (χ1) is 13.1. The first kappa shape index (κ1) is 18.4. The van der Waals surface area contributed by atoms with Crippen LogP contribution < -0.4 is 15.4 Å². The fourth-order valence-electron chi connectivity index (χ4n) is 2.93. The Morgan fingerprint density at radius 2 is 1.81 bits per heavy atom. The first-order valence-electron chi connectivity index (χ1n) is 8.61. The Labute approximate surface area is 157 Å². The molecule has 0 spiro atoms. The van der Waals surface area contributed by atoms with E-state index in [0.717, 1.165) is 16.5 Å². The number of nitrogens with zero attached hydrogens (tertiary/aromatic N) is 1. The molecule has 2 aromatic carbocycles. The topological polar surface area (TPSA) is 80.3 Å². The molecule has 0 saturated heterocycles. The maximum absolute atomic E-state index is 12.6. The number of rotatable bonds is 6. The highest BCUT2D eigenvalue weighted by atomic mass is 16.5. The zero-order valence-corrected chi connectivity index (χ0v) is 15.2. The molecule has 0 saturated carbocycles. The zero-order chi connectivity index (χ0) is 19.2. The zero-order valence-electron chi connectivity index (χ0n) is 15.2. The summed E-state index contributed by atoms with van der Waals surface area (Å²) in [5.74, 6) is 0.310. The molecule has 1 aromatic heterocycles. The average Bonchev–Trinajstić information content (AvgIpc) is 2.67. The van der Waals surface area contributed by atoms with Gasteiger partial charge in [0.25, 0.3) is 0 Å². The van der Waals surface area contributed by atoms with E-state index in [1.165, 1.54) is 6.92 Å². The van der Waals surface area contributed by atoms with E-state index < -0.39 is 6.04 Å². The molecule has 27 heavy (non-hydrogen) atoms. The number of aromatic nitrogens is 1. The molecule has 3 rings (SSSR count). The number of anilines is 1. The summed E-state index contributed by atoms with van der Waals surface area (Å²) in [6.07, 6.45) is 1.80. The second-order valence-electron chi connectivity index (χ2n) is 6.16. The third kappa shape index (κ3) is 4.61. The van der Waals surface area contributed by atoms with Crippen molar-refractivity contribution in [3.8, 4) is 5.75 Å². The van der Waals surface area contributed by atoms with E-state index in [1.807, 2.05) is 42.5 Å². The number of pyridine rings is 1. The Kier molecular flexibility index (Phi) is 5.66. The largest absolute Gasteiger partial charge is 0.497 e. The number of para-hydroxylation sites is 1. The van der Waals surface area contributed by atoms with E-state index in [4.69, 9.17) is 4.74 Å². The molecule has 2 N–H and O–H groups in total. The highest BCUT2D eigenvalue weighted by Crippen LogP contribution is 2.24. The van der Waals surface area contributed by atoms with Crippen LogP contribution in [0.1, 0.15) is 24.9 Å². The van der Waals surface area contributed by atoms with Gasteiger partial charge in [-0.2, -0.15) is 0 Å². The Bertz CT molecular complexity index is 949. The number of carbonyl (C=O) groups is 2. The van der Waals surface area contributed by atoms with Gasteiger partial charge in [-0.3, -0.25) is 14.6 Å². The number of carbonyl (C=O) groups excluding carboxylic acids is 2. The second kappa shape index (κ2) is 8.31. The summed E-state index contributed by atoms with van der Waals surface area (Å²) in [6.45, 7) is 1.43. The van der Waals surface area contributed by atoms with E-state index in [1.54, 1.807) is 25.4 Å². The number of hydrogen-bond acceptors (Lipinski definition) is 4. The van der Waals surface area contributed by atoms with Crippen molar-refractivity contribution in [1.82, 2.24) is 10.3 Å². The Hall–Kier alpha value is -3.41. The molecule has 2 amide bonds. The minimum absolute atomic E-state index is 0.106. The standard InChI is InChI=1S/C21H21N3O3/c1-14(25)23-19(15-8-10-17(27-2)11-9-15)13-20(26)24-18-7-3-5-16-6-4-12-22-21(16)18/h3-12,19H,13H2,1-2H3,(H,23,25)(H,24,26). The van der Waals surface area contributed by atoms with Crippen LogP contribution in [0.15, 0.2) is 60.8 Å². The molecule has 0 radical (unpaired) electrons. The normalized spacial score (nSPS) is 11.6. The van der Waals surface area contributed by atoms with Gasteiger partial charge in [-0.1, -0.05) is 30.3 Å². The van der Waals surface area contributed by atoms with Gasteiger partial charge in [0.1, 0.15) is 5.75 Å². The van der Waals surface area contributed by atoms with Crippen LogP contribution in [0.2, 0.25) is 0 Å². The van der Waals surface area contributed by atoms with Gasteiger partial charge >= 0.3 is 0 Å². The summed E-state index contributed by atoms with van der Waals surface area (Å²) in [5.41, 5.74) is 2.21.